The summed E-state index contributed by atoms with van der Waals surface area (Å²) in [5, 5.41) is 11.4. The van der Waals surface area contributed by atoms with Crippen LogP contribution in [0.15, 0.2) is 79.1 Å². The van der Waals surface area contributed by atoms with Gasteiger partial charge in [-0.25, -0.2) is 4.68 Å². The van der Waals surface area contributed by atoms with Crippen LogP contribution in [0.2, 0.25) is 0 Å². The summed E-state index contributed by atoms with van der Waals surface area (Å²) in [5.74, 6) is 0.475. The molecule has 0 aliphatic heterocycles. The fourth-order valence-corrected chi connectivity index (χ4v) is 3.13. The summed E-state index contributed by atoms with van der Waals surface area (Å²) in [7, 11) is 0. The predicted octanol–water partition coefficient (Wildman–Crippen LogP) is 3.66. The van der Waals surface area contributed by atoms with Crippen LogP contribution in [0.5, 0.6) is 5.75 Å². The molecule has 150 valence electrons. The van der Waals surface area contributed by atoms with Gasteiger partial charge in [-0.1, -0.05) is 35.5 Å². The van der Waals surface area contributed by atoms with Crippen LogP contribution in [0.3, 0.4) is 0 Å². The second kappa shape index (κ2) is 9.00. The molecule has 0 radical (unpaired) electrons. The molecule has 7 nitrogen and oxygen atoms in total. The van der Waals surface area contributed by atoms with Gasteiger partial charge in [0.1, 0.15) is 11.4 Å². The predicted molar refractivity (Wildman–Crippen MR) is 113 cm³/mol. The number of para-hydroxylation sites is 1. The van der Waals surface area contributed by atoms with Gasteiger partial charge in [0.25, 0.3) is 5.91 Å². The Labute approximate surface area is 174 Å². The lowest BCUT2D eigenvalue weighted by Crippen LogP contribution is -2.24. The molecule has 0 aliphatic rings. The van der Waals surface area contributed by atoms with E-state index in [1.165, 1.54) is 0 Å². The molecule has 2 heterocycles. The van der Waals surface area contributed by atoms with Crippen molar-refractivity contribution in [2.24, 2.45) is 0 Å². The molecule has 4 rings (SSSR count). The SMILES string of the molecule is CCOc1cccc(CNC(=O)c2nnn(-c3ccccc3)c2-c2ccncc2)c1. The summed E-state index contributed by atoms with van der Waals surface area (Å²) >= 11 is 0. The number of carbonyl (C=O) groups is 1. The topological polar surface area (TPSA) is 81.9 Å². The molecular weight excluding hydrogens is 378 g/mol. The van der Waals surface area contributed by atoms with Crippen molar-refractivity contribution in [3.63, 3.8) is 0 Å². The number of ether oxygens (including phenoxy) is 1. The molecule has 2 aromatic heterocycles. The highest BCUT2D eigenvalue weighted by molar-refractivity contribution is 5.98. The zero-order valence-corrected chi connectivity index (χ0v) is 16.5. The van der Waals surface area contributed by atoms with Gasteiger partial charge < -0.3 is 10.1 Å². The number of pyridine rings is 1. The lowest BCUT2D eigenvalue weighted by molar-refractivity contribution is 0.0946. The molecule has 0 saturated carbocycles. The Balaban J connectivity index is 1.63. The molecule has 0 fully saturated rings. The molecule has 0 saturated heterocycles. The molecule has 0 bridgehead atoms. The van der Waals surface area contributed by atoms with Crippen LogP contribution in [0.25, 0.3) is 16.9 Å². The molecule has 30 heavy (non-hydrogen) atoms. The zero-order valence-electron chi connectivity index (χ0n) is 16.5. The molecule has 2 aromatic carbocycles. The first kappa shape index (κ1) is 19.3. The number of benzene rings is 2. The summed E-state index contributed by atoms with van der Waals surface area (Å²) in [6.07, 6.45) is 3.36. The minimum absolute atomic E-state index is 0.256. The first-order chi connectivity index (χ1) is 14.8. The van der Waals surface area contributed by atoms with Crippen molar-refractivity contribution in [2.75, 3.05) is 6.61 Å². The summed E-state index contributed by atoms with van der Waals surface area (Å²) < 4.78 is 7.19. The maximum Gasteiger partial charge on any atom is 0.274 e. The Hall–Kier alpha value is -4.00. The maximum atomic E-state index is 13.0. The number of aromatic nitrogens is 4. The molecule has 0 spiro atoms. The standard InChI is InChI=1S/C23H21N5O2/c1-2-30-20-10-6-7-17(15-20)16-25-23(29)21-22(18-11-13-24-14-12-18)28(27-26-21)19-8-4-3-5-9-19/h3-15H,2,16H2,1H3,(H,25,29). The summed E-state index contributed by atoms with van der Waals surface area (Å²) in [5.41, 5.74) is 3.44. The lowest BCUT2D eigenvalue weighted by atomic mass is 10.1. The van der Waals surface area contributed by atoms with E-state index in [1.54, 1.807) is 17.1 Å². The van der Waals surface area contributed by atoms with E-state index in [0.717, 1.165) is 22.6 Å². The van der Waals surface area contributed by atoms with Gasteiger partial charge in [0.2, 0.25) is 0 Å². The van der Waals surface area contributed by atoms with Crippen molar-refractivity contribution < 1.29 is 9.53 Å². The monoisotopic (exact) mass is 399 g/mol. The fraction of sp³-hybridized carbons (Fsp3) is 0.130. The summed E-state index contributed by atoms with van der Waals surface area (Å²) in [4.78, 5) is 17.1. The van der Waals surface area contributed by atoms with E-state index in [0.29, 0.717) is 18.8 Å². The molecule has 7 heteroatoms. The van der Waals surface area contributed by atoms with Crippen LogP contribution in [-0.4, -0.2) is 32.5 Å². The number of amides is 1. The average molecular weight is 399 g/mol. The van der Waals surface area contributed by atoms with Crippen molar-refractivity contribution in [1.29, 1.82) is 0 Å². The third-order valence-corrected chi connectivity index (χ3v) is 4.50. The number of nitrogens with one attached hydrogen (secondary N) is 1. The minimum atomic E-state index is -0.300. The van der Waals surface area contributed by atoms with E-state index in [2.05, 4.69) is 20.6 Å². The summed E-state index contributed by atoms with van der Waals surface area (Å²) in [6.45, 7) is 2.88. The van der Waals surface area contributed by atoms with Gasteiger partial charge in [0.15, 0.2) is 5.69 Å². The van der Waals surface area contributed by atoms with E-state index in [4.69, 9.17) is 4.74 Å². The van der Waals surface area contributed by atoms with E-state index < -0.39 is 0 Å². The third kappa shape index (κ3) is 4.20. The normalized spacial score (nSPS) is 10.6. The van der Waals surface area contributed by atoms with Crippen LogP contribution < -0.4 is 10.1 Å². The number of hydrogen-bond acceptors (Lipinski definition) is 5. The Morgan fingerprint density at radius 1 is 1.03 bits per heavy atom. The minimum Gasteiger partial charge on any atom is -0.494 e. The van der Waals surface area contributed by atoms with Crippen molar-refractivity contribution in [3.05, 3.63) is 90.4 Å². The Morgan fingerprint density at radius 3 is 2.60 bits per heavy atom. The number of rotatable bonds is 7. The Morgan fingerprint density at radius 2 is 1.83 bits per heavy atom. The zero-order chi connectivity index (χ0) is 20.8. The van der Waals surface area contributed by atoms with Crippen LogP contribution >= 0.6 is 0 Å². The van der Waals surface area contributed by atoms with E-state index >= 15 is 0 Å². The van der Waals surface area contributed by atoms with E-state index in [9.17, 15) is 4.79 Å². The fourth-order valence-electron chi connectivity index (χ4n) is 3.13. The van der Waals surface area contributed by atoms with Crippen LogP contribution in [0, 0.1) is 0 Å². The second-order valence-corrected chi connectivity index (χ2v) is 6.53. The van der Waals surface area contributed by atoms with Crippen molar-refractivity contribution in [1.82, 2.24) is 25.3 Å². The van der Waals surface area contributed by atoms with Gasteiger partial charge in [-0.3, -0.25) is 9.78 Å². The number of carbonyl (C=O) groups excluding carboxylic acids is 1. The Kier molecular flexibility index (Phi) is 5.80. The highest BCUT2D eigenvalue weighted by Gasteiger charge is 2.22. The van der Waals surface area contributed by atoms with Crippen molar-refractivity contribution in [2.45, 2.75) is 13.5 Å². The summed E-state index contributed by atoms with van der Waals surface area (Å²) in [6, 6.07) is 20.9. The molecule has 0 atom stereocenters. The molecule has 1 amide bonds. The van der Waals surface area contributed by atoms with Crippen LogP contribution in [-0.2, 0) is 6.54 Å². The number of hydrogen-bond donors (Lipinski definition) is 1. The first-order valence-corrected chi connectivity index (χ1v) is 9.67. The van der Waals surface area contributed by atoms with Crippen molar-refractivity contribution in [3.8, 4) is 22.7 Å². The molecule has 4 aromatic rings. The lowest BCUT2D eigenvalue weighted by Gasteiger charge is -2.09. The van der Waals surface area contributed by atoms with Gasteiger partial charge in [-0.05, 0) is 48.9 Å². The van der Waals surface area contributed by atoms with Gasteiger partial charge >= 0.3 is 0 Å². The molecule has 0 unspecified atom stereocenters. The highest BCUT2D eigenvalue weighted by atomic mass is 16.5. The van der Waals surface area contributed by atoms with Crippen LogP contribution in [0.4, 0.5) is 0 Å². The highest BCUT2D eigenvalue weighted by Crippen LogP contribution is 2.25. The van der Waals surface area contributed by atoms with Gasteiger partial charge in [-0.15, -0.1) is 5.10 Å². The van der Waals surface area contributed by atoms with Gasteiger partial charge in [-0.2, -0.15) is 0 Å². The third-order valence-electron chi connectivity index (χ3n) is 4.50. The first-order valence-electron chi connectivity index (χ1n) is 9.67. The van der Waals surface area contributed by atoms with E-state index in [1.807, 2.05) is 73.7 Å². The van der Waals surface area contributed by atoms with Gasteiger partial charge in [0.05, 0.1) is 12.3 Å². The molecular formula is C23H21N5O2. The molecule has 0 aliphatic carbocycles. The largest absolute Gasteiger partial charge is 0.494 e. The van der Waals surface area contributed by atoms with Crippen LogP contribution in [0.1, 0.15) is 23.0 Å². The number of nitrogens with zero attached hydrogens (tertiary/aromatic N) is 4. The molecule has 1 N–H and O–H groups in total. The van der Waals surface area contributed by atoms with E-state index in [-0.39, 0.29) is 11.6 Å². The maximum absolute atomic E-state index is 13.0. The second-order valence-electron chi connectivity index (χ2n) is 6.53. The van der Waals surface area contributed by atoms with Gasteiger partial charge in [0, 0.05) is 24.5 Å². The average Bonchev–Trinajstić information content (AvgIpc) is 3.24. The smallest absolute Gasteiger partial charge is 0.274 e. The quantitative estimate of drug-likeness (QED) is 0.513. The van der Waals surface area contributed by atoms with Crippen molar-refractivity contribution >= 4 is 5.91 Å². The Bertz CT molecular complexity index is 1130.